The van der Waals surface area contributed by atoms with Crippen molar-refractivity contribution in [3.8, 4) is 5.75 Å². The van der Waals surface area contributed by atoms with Crippen LogP contribution in [0.1, 0.15) is 26.2 Å². The number of aliphatic imine (C=N–C) groups is 1. The molecule has 0 bridgehead atoms. The van der Waals surface area contributed by atoms with E-state index in [0.717, 1.165) is 19.3 Å². The number of likely N-dealkylation sites (tertiary alicyclic amines) is 1. The number of hydrogen-bond acceptors (Lipinski definition) is 4. The van der Waals surface area contributed by atoms with E-state index >= 15 is 0 Å². The molecule has 6 nitrogen and oxygen atoms in total. The first kappa shape index (κ1) is 28.7. The molecule has 32 heavy (non-hydrogen) atoms. The second kappa shape index (κ2) is 14.7. The van der Waals surface area contributed by atoms with Gasteiger partial charge in [0.05, 0.1) is 13.1 Å². The van der Waals surface area contributed by atoms with Crippen molar-refractivity contribution in [3.05, 3.63) is 30.1 Å². The number of alkyl halides is 3. The zero-order chi connectivity index (χ0) is 22.7. The molecular formula is C21H33F4IN4O2. The first-order valence-corrected chi connectivity index (χ1v) is 10.6. The Morgan fingerprint density at radius 2 is 1.88 bits per heavy atom. The van der Waals surface area contributed by atoms with Crippen LogP contribution < -0.4 is 15.4 Å². The summed E-state index contributed by atoms with van der Waals surface area (Å²) < 4.78 is 55.7. The summed E-state index contributed by atoms with van der Waals surface area (Å²) in [4.78, 5) is 5.81. The lowest BCUT2D eigenvalue weighted by atomic mass is 9.93. The van der Waals surface area contributed by atoms with Crippen LogP contribution in [0.5, 0.6) is 5.75 Å². The topological polar surface area (TPSA) is 69.1 Å². The summed E-state index contributed by atoms with van der Waals surface area (Å²) in [5.74, 6) is 1.06. The summed E-state index contributed by atoms with van der Waals surface area (Å²) in [5, 5.41) is 16.4. The molecule has 1 heterocycles. The second-order valence-corrected chi connectivity index (χ2v) is 7.69. The van der Waals surface area contributed by atoms with Crippen LogP contribution in [0, 0.1) is 11.7 Å². The van der Waals surface area contributed by atoms with Gasteiger partial charge in [0.25, 0.3) is 0 Å². The Hall–Kier alpha value is -1.34. The van der Waals surface area contributed by atoms with Gasteiger partial charge in [-0.05, 0) is 69.5 Å². The molecule has 1 aromatic carbocycles. The molecule has 0 saturated carbocycles. The van der Waals surface area contributed by atoms with Gasteiger partial charge in [0.1, 0.15) is 24.3 Å². The SMILES string of the molecule is CCNC(=NCC(O)COc1ccc(F)cc1)NCCC1CCN(CC(F)(F)F)CC1.I. The van der Waals surface area contributed by atoms with Crippen LogP contribution in [0.3, 0.4) is 0 Å². The zero-order valence-corrected chi connectivity index (χ0v) is 20.5. The molecule has 0 amide bonds. The van der Waals surface area contributed by atoms with E-state index < -0.39 is 18.8 Å². The average molecular weight is 576 g/mol. The van der Waals surface area contributed by atoms with Gasteiger partial charge in [0.15, 0.2) is 5.96 Å². The van der Waals surface area contributed by atoms with E-state index in [1.807, 2.05) is 6.92 Å². The van der Waals surface area contributed by atoms with Gasteiger partial charge in [-0.15, -0.1) is 24.0 Å². The lowest BCUT2D eigenvalue weighted by Gasteiger charge is -2.32. The quantitative estimate of drug-likeness (QED) is 0.173. The van der Waals surface area contributed by atoms with Crippen molar-refractivity contribution in [1.82, 2.24) is 15.5 Å². The van der Waals surface area contributed by atoms with E-state index in [0.29, 0.717) is 43.8 Å². The Kier molecular flexibility index (Phi) is 13.2. The van der Waals surface area contributed by atoms with Gasteiger partial charge in [-0.3, -0.25) is 9.89 Å². The number of nitrogens with zero attached hydrogens (tertiary/aromatic N) is 2. The van der Waals surface area contributed by atoms with Gasteiger partial charge in [-0.2, -0.15) is 13.2 Å². The lowest BCUT2D eigenvalue weighted by molar-refractivity contribution is -0.148. The summed E-state index contributed by atoms with van der Waals surface area (Å²) in [6, 6.07) is 5.55. The average Bonchev–Trinajstić information content (AvgIpc) is 2.72. The third-order valence-corrected chi connectivity index (χ3v) is 5.02. The molecule has 184 valence electrons. The number of aliphatic hydroxyl groups excluding tert-OH is 1. The number of benzene rings is 1. The summed E-state index contributed by atoms with van der Waals surface area (Å²) >= 11 is 0. The van der Waals surface area contributed by atoms with E-state index in [-0.39, 0.29) is 42.9 Å². The lowest BCUT2D eigenvalue weighted by Crippen LogP contribution is -2.42. The molecule has 1 aliphatic rings. The minimum Gasteiger partial charge on any atom is -0.491 e. The molecule has 1 saturated heterocycles. The summed E-state index contributed by atoms with van der Waals surface area (Å²) in [6.07, 6.45) is -2.60. The number of halogens is 5. The number of piperidine rings is 1. The van der Waals surface area contributed by atoms with Crippen LogP contribution in [-0.2, 0) is 0 Å². The Morgan fingerprint density at radius 1 is 1.22 bits per heavy atom. The van der Waals surface area contributed by atoms with Crippen LogP contribution >= 0.6 is 24.0 Å². The maximum atomic E-state index is 12.9. The molecule has 1 aromatic rings. The maximum absolute atomic E-state index is 12.9. The van der Waals surface area contributed by atoms with Crippen molar-refractivity contribution in [2.45, 2.75) is 38.5 Å². The van der Waals surface area contributed by atoms with E-state index in [1.54, 1.807) is 0 Å². The Morgan fingerprint density at radius 3 is 2.47 bits per heavy atom. The summed E-state index contributed by atoms with van der Waals surface area (Å²) in [5.41, 5.74) is 0. The summed E-state index contributed by atoms with van der Waals surface area (Å²) in [6.45, 7) is 3.51. The van der Waals surface area contributed by atoms with Crippen LogP contribution in [-0.4, -0.2) is 74.1 Å². The van der Waals surface area contributed by atoms with Crippen LogP contribution in [0.15, 0.2) is 29.3 Å². The zero-order valence-electron chi connectivity index (χ0n) is 18.2. The van der Waals surface area contributed by atoms with Gasteiger partial charge in [0.2, 0.25) is 0 Å². The largest absolute Gasteiger partial charge is 0.491 e. The predicted molar refractivity (Wildman–Crippen MR) is 127 cm³/mol. The third kappa shape index (κ3) is 12.0. The standard InChI is InChI=1S/C21H32F4N4O2.HI/c1-2-26-20(28-13-18(30)14-31-19-5-3-17(22)4-6-19)27-10-7-16-8-11-29(12-9-16)15-21(23,24)25;/h3-6,16,18,30H,2,7-15H2,1H3,(H2,26,27,28);1H. The number of guanidine groups is 1. The molecule has 3 N–H and O–H groups in total. The van der Waals surface area contributed by atoms with Gasteiger partial charge in [0, 0.05) is 13.1 Å². The van der Waals surface area contributed by atoms with Crippen LogP contribution in [0.2, 0.25) is 0 Å². The van der Waals surface area contributed by atoms with Crippen molar-refractivity contribution < 1.29 is 27.4 Å². The monoisotopic (exact) mass is 576 g/mol. The first-order valence-electron chi connectivity index (χ1n) is 10.6. The second-order valence-electron chi connectivity index (χ2n) is 7.69. The maximum Gasteiger partial charge on any atom is 0.401 e. The molecular weight excluding hydrogens is 543 g/mol. The van der Waals surface area contributed by atoms with Gasteiger partial charge >= 0.3 is 6.18 Å². The molecule has 1 atom stereocenters. The Labute approximate surface area is 203 Å². The molecule has 0 aliphatic carbocycles. The van der Waals surface area contributed by atoms with Gasteiger partial charge in [-0.25, -0.2) is 4.39 Å². The fourth-order valence-corrected chi connectivity index (χ4v) is 3.40. The number of hydrogen-bond donors (Lipinski definition) is 3. The minimum atomic E-state index is -4.14. The van der Waals surface area contributed by atoms with E-state index in [2.05, 4.69) is 15.6 Å². The normalized spacial score (nSPS) is 16.9. The smallest absolute Gasteiger partial charge is 0.401 e. The molecule has 0 radical (unpaired) electrons. The number of rotatable bonds is 10. The van der Waals surface area contributed by atoms with Crippen molar-refractivity contribution in [2.24, 2.45) is 10.9 Å². The molecule has 0 spiro atoms. The summed E-state index contributed by atoms with van der Waals surface area (Å²) in [7, 11) is 0. The van der Waals surface area contributed by atoms with Crippen molar-refractivity contribution in [1.29, 1.82) is 0 Å². The number of nitrogens with one attached hydrogen (secondary N) is 2. The third-order valence-electron chi connectivity index (χ3n) is 5.02. The highest BCUT2D eigenvalue weighted by atomic mass is 127. The fourth-order valence-electron chi connectivity index (χ4n) is 3.40. The first-order chi connectivity index (χ1) is 14.7. The van der Waals surface area contributed by atoms with E-state index in [9.17, 15) is 22.7 Å². The van der Waals surface area contributed by atoms with Gasteiger partial charge < -0.3 is 20.5 Å². The van der Waals surface area contributed by atoms with Crippen LogP contribution in [0.4, 0.5) is 17.6 Å². The molecule has 1 unspecified atom stereocenters. The highest BCUT2D eigenvalue weighted by molar-refractivity contribution is 14.0. The minimum absolute atomic E-state index is 0. The molecule has 1 aliphatic heterocycles. The van der Waals surface area contributed by atoms with E-state index in [4.69, 9.17) is 4.74 Å². The van der Waals surface area contributed by atoms with Crippen molar-refractivity contribution in [2.75, 3.05) is 45.9 Å². The Bertz CT molecular complexity index is 669. The highest BCUT2D eigenvalue weighted by Gasteiger charge is 2.32. The van der Waals surface area contributed by atoms with Crippen molar-refractivity contribution in [3.63, 3.8) is 0 Å². The molecule has 2 rings (SSSR count). The number of aliphatic hydroxyl groups is 1. The van der Waals surface area contributed by atoms with Crippen molar-refractivity contribution >= 4 is 29.9 Å². The highest BCUT2D eigenvalue weighted by Crippen LogP contribution is 2.23. The predicted octanol–water partition coefficient (Wildman–Crippen LogP) is 3.40. The molecule has 0 aromatic heterocycles. The fraction of sp³-hybridized carbons (Fsp3) is 0.667. The van der Waals surface area contributed by atoms with Gasteiger partial charge in [-0.1, -0.05) is 0 Å². The molecule has 11 heteroatoms. The van der Waals surface area contributed by atoms with E-state index in [1.165, 1.54) is 29.2 Å². The number of ether oxygens (including phenoxy) is 1. The molecule has 1 fully saturated rings. The van der Waals surface area contributed by atoms with Crippen LogP contribution in [0.25, 0.3) is 0 Å². The Balaban J connectivity index is 0.00000512.